The third-order valence-electron chi connectivity index (χ3n) is 3.32. The summed E-state index contributed by atoms with van der Waals surface area (Å²) in [7, 11) is 1.54. The van der Waals surface area contributed by atoms with Gasteiger partial charge in [-0.3, -0.25) is 4.79 Å². The molecule has 0 saturated heterocycles. The maximum atomic E-state index is 12.4. The van der Waals surface area contributed by atoms with Crippen molar-refractivity contribution in [2.45, 2.75) is 12.2 Å². The van der Waals surface area contributed by atoms with E-state index in [9.17, 15) is 4.79 Å². The second-order valence-corrected chi connectivity index (χ2v) is 4.47. The van der Waals surface area contributed by atoms with Gasteiger partial charge in [-0.25, -0.2) is 0 Å². The van der Waals surface area contributed by atoms with Gasteiger partial charge in [0, 0.05) is 7.11 Å². The molecule has 0 aliphatic carbocycles. The number of ether oxygens (including phenoxy) is 2. The number of fused-ring (bicyclic) bond motifs is 1. The molecule has 0 fully saturated rings. The molecule has 0 saturated carbocycles. The van der Waals surface area contributed by atoms with Crippen molar-refractivity contribution in [1.82, 2.24) is 0 Å². The molecule has 2 aromatic rings. The molecule has 0 spiro atoms. The Morgan fingerprint density at radius 1 is 1.00 bits per heavy atom. The number of carbonyl (C=O) groups excluding carboxylic acids is 1. The van der Waals surface area contributed by atoms with E-state index >= 15 is 0 Å². The van der Waals surface area contributed by atoms with Crippen LogP contribution < -0.4 is 4.74 Å². The Morgan fingerprint density at radius 2 is 1.68 bits per heavy atom. The summed E-state index contributed by atoms with van der Waals surface area (Å²) >= 11 is 0. The zero-order valence-corrected chi connectivity index (χ0v) is 10.6. The summed E-state index contributed by atoms with van der Waals surface area (Å²) in [5.74, 6) is 0.591. The maximum Gasteiger partial charge on any atom is 0.199 e. The Bertz CT molecular complexity index is 592. The van der Waals surface area contributed by atoms with Crippen molar-refractivity contribution in [1.29, 1.82) is 0 Å². The van der Waals surface area contributed by atoms with E-state index in [1.165, 1.54) is 7.11 Å². The molecule has 96 valence electrons. The lowest BCUT2D eigenvalue weighted by atomic mass is 9.93. The van der Waals surface area contributed by atoms with E-state index in [4.69, 9.17) is 9.47 Å². The highest BCUT2D eigenvalue weighted by Gasteiger charge is 2.38. The zero-order chi connectivity index (χ0) is 13.2. The predicted octanol–water partition coefficient (Wildman–Crippen LogP) is 3.02. The lowest BCUT2D eigenvalue weighted by Gasteiger charge is -2.31. The molecule has 0 aromatic heterocycles. The average molecular weight is 254 g/mol. The first-order valence-corrected chi connectivity index (χ1v) is 6.19. The van der Waals surface area contributed by atoms with Crippen LogP contribution in [0.15, 0.2) is 54.6 Å². The molecule has 2 atom stereocenters. The summed E-state index contributed by atoms with van der Waals surface area (Å²) in [5, 5.41) is 0. The van der Waals surface area contributed by atoms with Crippen LogP contribution in [0.4, 0.5) is 0 Å². The summed E-state index contributed by atoms with van der Waals surface area (Å²) < 4.78 is 11.3. The molecule has 3 rings (SSSR count). The van der Waals surface area contributed by atoms with E-state index in [2.05, 4.69) is 0 Å². The van der Waals surface area contributed by atoms with E-state index < -0.39 is 12.2 Å². The van der Waals surface area contributed by atoms with Gasteiger partial charge in [0.15, 0.2) is 18.0 Å². The molecule has 3 heteroatoms. The van der Waals surface area contributed by atoms with E-state index in [1.54, 1.807) is 6.07 Å². The highest BCUT2D eigenvalue weighted by atomic mass is 16.5. The third kappa shape index (κ3) is 2.02. The van der Waals surface area contributed by atoms with Crippen molar-refractivity contribution in [2.24, 2.45) is 0 Å². The molecule has 3 nitrogen and oxygen atoms in total. The Morgan fingerprint density at radius 3 is 2.42 bits per heavy atom. The fraction of sp³-hybridized carbons (Fsp3) is 0.188. The number of carbonyl (C=O) groups is 1. The van der Waals surface area contributed by atoms with Crippen LogP contribution in [0.2, 0.25) is 0 Å². The average Bonchev–Trinajstić information content (AvgIpc) is 2.48. The van der Waals surface area contributed by atoms with Gasteiger partial charge in [-0.1, -0.05) is 42.5 Å². The molecule has 0 N–H and O–H groups in total. The first kappa shape index (κ1) is 11.9. The van der Waals surface area contributed by atoms with Gasteiger partial charge in [0.25, 0.3) is 0 Å². The van der Waals surface area contributed by atoms with E-state index in [0.29, 0.717) is 11.3 Å². The quantitative estimate of drug-likeness (QED) is 0.826. The molecule has 1 aliphatic heterocycles. The van der Waals surface area contributed by atoms with Crippen molar-refractivity contribution in [3.05, 3.63) is 65.7 Å². The number of hydrogen-bond acceptors (Lipinski definition) is 3. The van der Waals surface area contributed by atoms with Crippen LogP contribution in [0.25, 0.3) is 0 Å². The second kappa shape index (κ2) is 4.86. The van der Waals surface area contributed by atoms with Crippen molar-refractivity contribution in [2.75, 3.05) is 7.11 Å². The summed E-state index contributed by atoms with van der Waals surface area (Å²) in [5.41, 5.74) is 1.53. The molecule has 0 radical (unpaired) electrons. The summed E-state index contributed by atoms with van der Waals surface area (Å²) in [6.07, 6.45) is -0.995. The minimum Gasteiger partial charge on any atom is -0.482 e. The van der Waals surface area contributed by atoms with E-state index in [-0.39, 0.29) is 5.78 Å². The van der Waals surface area contributed by atoms with E-state index in [1.807, 2.05) is 48.5 Å². The lowest BCUT2D eigenvalue weighted by molar-refractivity contribution is -0.000602. The summed E-state index contributed by atoms with van der Waals surface area (Å²) in [6.45, 7) is 0. The Balaban J connectivity index is 2.05. The van der Waals surface area contributed by atoms with Gasteiger partial charge in [0.2, 0.25) is 0 Å². The normalized spacial score (nSPS) is 21.6. The first-order valence-electron chi connectivity index (χ1n) is 6.19. The Labute approximate surface area is 111 Å². The fourth-order valence-electron chi connectivity index (χ4n) is 2.38. The van der Waals surface area contributed by atoms with E-state index in [0.717, 1.165) is 5.56 Å². The number of hydrogen-bond donors (Lipinski definition) is 0. The van der Waals surface area contributed by atoms with Crippen LogP contribution in [-0.2, 0) is 4.74 Å². The maximum absolute atomic E-state index is 12.4. The highest BCUT2D eigenvalue weighted by Crippen LogP contribution is 2.35. The van der Waals surface area contributed by atoms with Crippen molar-refractivity contribution >= 4 is 5.78 Å². The summed E-state index contributed by atoms with van der Waals surface area (Å²) in [4.78, 5) is 12.4. The highest BCUT2D eigenvalue weighted by molar-refractivity contribution is 6.03. The monoisotopic (exact) mass is 254 g/mol. The van der Waals surface area contributed by atoms with Gasteiger partial charge >= 0.3 is 0 Å². The molecule has 0 unspecified atom stereocenters. The molecule has 0 amide bonds. The Kier molecular flexibility index (Phi) is 3.05. The molecular formula is C16H14O3. The fourth-order valence-corrected chi connectivity index (χ4v) is 2.38. The minimum absolute atomic E-state index is 0.0294. The molecule has 1 heterocycles. The second-order valence-electron chi connectivity index (χ2n) is 4.47. The van der Waals surface area contributed by atoms with Crippen LogP contribution in [0, 0.1) is 0 Å². The number of Topliss-reactive ketones (excluding diaryl/α,β-unsaturated/α-hetero) is 1. The van der Waals surface area contributed by atoms with Crippen molar-refractivity contribution in [3.63, 3.8) is 0 Å². The largest absolute Gasteiger partial charge is 0.482 e. The van der Waals surface area contributed by atoms with Gasteiger partial charge in [-0.05, 0) is 17.7 Å². The van der Waals surface area contributed by atoms with Crippen LogP contribution in [0.1, 0.15) is 22.0 Å². The predicted molar refractivity (Wildman–Crippen MR) is 71.4 cm³/mol. The zero-order valence-electron chi connectivity index (χ0n) is 10.6. The van der Waals surface area contributed by atoms with Crippen LogP contribution in [0.3, 0.4) is 0 Å². The van der Waals surface area contributed by atoms with Crippen LogP contribution >= 0.6 is 0 Å². The number of para-hydroxylation sites is 1. The molecule has 0 bridgehead atoms. The molecule has 2 aromatic carbocycles. The standard InChI is InChI=1S/C16H14O3/c1-18-16-14(17)12-9-5-6-10-13(12)19-15(16)11-7-3-2-4-8-11/h2-10,15-16H,1H3/t15-,16-/m1/s1. The number of rotatable bonds is 2. The van der Waals surface area contributed by atoms with Gasteiger partial charge in [0.1, 0.15) is 5.75 Å². The summed E-state index contributed by atoms with van der Waals surface area (Å²) in [6, 6.07) is 16.9. The van der Waals surface area contributed by atoms with Gasteiger partial charge in [0.05, 0.1) is 5.56 Å². The smallest absolute Gasteiger partial charge is 0.199 e. The molecule has 1 aliphatic rings. The van der Waals surface area contributed by atoms with Gasteiger partial charge in [-0.15, -0.1) is 0 Å². The Hall–Kier alpha value is -2.13. The van der Waals surface area contributed by atoms with Crippen LogP contribution in [-0.4, -0.2) is 19.0 Å². The number of ketones is 1. The van der Waals surface area contributed by atoms with Crippen molar-refractivity contribution in [3.8, 4) is 5.75 Å². The van der Waals surface area contributed by atoms with Crippen LogP contribution in [0.5, 0.6) is 5.75 Å². The molecular weight excluding hydrogens is 240 g/mol. The lowest BCUT2D eigenvalue weighted by Crippen LogP contribution is -2.37. The van der Waals surface area contributed by atoms with Gasteiger partial charge in [-0.2, -0.15) is 0 Å². The minimum atomic E-state index is -0.600. The third-order valence-corrected chi connectivity index (χ3v) is 3.32. The topological polar surface area (TPSA) is 35.5 Å². The molecule has 19 heavy (non-hydrogen) atoms. The first-order chi connectivity index (χ1) is 9.31. The van der Waals surface area contributed by atoms with Crippen molar-refractivity contribution < 1.29 is 14.3 Å². The van der Waals surface area contributed by atoms with Gasteiger partial charge < -0.3 is 9.47 Å². The number of methoxy groups -OCH3 is 1. The SMILES string of the molecule is CO[C@@H]1C(=O)c2ccccc2O[C@@H]1c1ccccc1. The number of benzene rings is 2.